The van der Waals surface area contributed by atoms with E-state index in [4.69, 9.17) is 9.47 Å². The molecule has 0 aliphatic rings. The topological polar surface area (TPSA) is 52.6 Å². The molecule has 4 rings (SSSR count). The average Bonchev–Trinajstić information content (AvgIpc) is 2.73. The van der Waals surface area contributed by atoms with Gasteiger partial charge in [0, 0.05) is 10.8 Å². The summed E-state index contributed by atoms with van der Waals surface area (Å²) in [6.45, 7) is 0. The predicted octanol–water partition coefficient (Wildman–Crippen LogP) is 5.00. The fourth-order valence-corrected chi connectivity index (χ4v) is 3.12. The summed E-state index contributed by atoms with van der Waals surface area (Å²) in [5.74, 6) is -0.514. The second kappa shape index (κ2) is 6.92. The third kappa shape index (κ3) is 3.13. The minimum atomic E-state index is -0.526. The van der Waals surface area contributed by atoms with Crippen molar-refractivity contribution < 1.29 is 19.1 Å². The highest BCUT2D eigenvalue weighted by Crippen LogP contribution is 2.35. The van der Waals surface area contributed by atoms with Crippen LogP contribution in [0.25, 0.3) is 21.5 Å². The van der Waals surface area contributed by atoms with Gasteiger partial charge in [-0.15, -0.1) is 0 Å². The number of fused-ring (bicyclic) bond motifs is 2. The third-order valence-electron chi connectivity index (χ3n) is 4.44. The molecular weight excluding hydrogens is 340 g/mol. The average molecular weight is 356 g/mol. The number of carbonyl (C=O) groups excluding carboxylic acids is 2. The fraction of sp³-hybridized carbons (Fsp3) is 0.0435. The molecule has 132 valence electrons. The number of methoxy groups -OCH3 is 1. The Morgan fingerprint density at radius 3 is 1.81 bits per heavy atom. The van der Waals surface area contributed by atoms with Crippen LogP contribution in [0.5, 0.6) is 5.75 Å². The van der Waals surface area contributed by atoms with E-state index < -0.39 is 11.9 Å². The normalized spacial score (nSPS) is 10.7. The van der Waals surface area contributed by atoms with Gasteiger partial charge in [0.25, 0.3) is 0 Å². The molecule has 0 atom stereocenters. The van der Waals surface area contributed by atoms with E-state index in [0.29, 0.717) is 11.3 Å². The maximum absolute atomic E-state index is 12.8. The van der Waals surface area contributed by atoms with Gasteiger partial charge >= 0.3 is 11.9 Å². The smallest absolute Gasteiger partial charge is 0.343 e. The Morgan fingerprint density at radius 2 is 1.22 bits per heavy atom. The van der Waals surface area contributed by atoms with Gasteiger partial charge in [-0.2, -0.15) is 0 Å². The largest absolute Gasteiger partial charge is 0.465 e. The Balaban J connectivity index is 1.81. The van der Waals surface area contributed by atoms with E-state index in [1.54, 1.807) is 18.2 Å². The van der Waals surface area contributed by atoms with E-state index in [2.05, 4.69) is 6.07 Å². The number of ether oxygens (including phenoxy) is 2. The van der Waals surface area contributed by atoms with Gasteiger partial charge < -0.3 is 9.47 Å². The van der Waals surface area contributed by atoms with Crippen molar-refractivity contribution in [2.24, 2.45) is 0 Å². The van der Waals surface area contributed by atoms with Crippen molar-refractivity contribution >= 4 is 33.5 Å². The second-order valence-electron chi connectivity index (χ2n) is 6.11. The van der Waals surface area contributed by atoms with Gasteiger partial charge in [-0.25, -0.2) is 9.59 Å². The molecule has 0 N–H and O–H groups in total. The summed E-state index contributed by atoms with van der Waals surface area (Å²) in [4.78, 5) is 24.5. The predicted molar refractivity (Wildman–Crippen MR) is 104 cm³/mol. The van der Waals surface area contributed by atoms with Crippen LogP contribution in [-0.4, -0.2) is 19.0 Å². The van der Waals surface area contributed by atoms with Crippen LogP contribution in [0.1, 0.15) is 20.7 Å². The third-order valence-corrected chi connectivity index (χ3v) is 4.44. The van der Waals surface area contributed by atoms with Gasteiger partial charge in [0.1, 0.15) is 5.75 Å². The van der Waals surface area contributed by atoms with Crippen molar-refractivity contribution in [1.29, 1.82) is 0 Å². The lowest BCUT2D eigenvalue weighted by atomic mass is 10.0. The highest BCUT2D eigenvalue weighted by atomic mass is 16.5. The molecule has 0 fully saturated rings. The zero-order valence-electron chi connectivity index (χ0n) is 14.6. The monoisotopic (exact) mass is 356 g/mol. The zero-order chi connectivity index (χ0) is 18.8. The van der Waals surface area contributed by atoms with Crippen LogP contribution in [0, 0.1) is 0 Å². The van der Waals surface area contributed by atoms with Crippen molar-refractivity contribution in [1.82, 2.24) is 0 Å². The summed E-state index contributed by atoms with van der Waals surface area (Å²) in [5.41, 5.74) is 0.588. The summed E-state index contributed by atoms with van der Waals surface area (Å²) < 4.78 is 10.5. The summed E-state index contributed by atoms with van der Waals surface area (Å²) in [6.07, 6.45) is 0. The lowest BCUT2D eigenvalue weighted by molar-refractivity contribution is 0.0600. The number of rotatable bonds is 3. The number of benzene rings is 4. The molecular formula is C23H16O4. The summed E-state index contributed by atoms with van der Waals surface area (Å²) in [7, 11) is 1.30. The minimum absolute atomic E-state index is 0.287. The van der Waals surface area contributed by atoms with Crippen molar-refractivity contribution in [2.75, 3.05) is 7.11 Å². The number of esters is 2. The van der Waals surface area contributed by atoms with Crippen LogP contribution >= 0.6 is 0 Å². The Kier molecular flexibility index (Phi) is 4.30. The van der Waals surface area contributed by atoms with Crippen molar-refractivity contribution in [3.8, 4) is 5.75 Å². The molecule has 4 aromatic rings. The maximum Gasteiger partial charge on any atom is 0.343 e. The van der Waals surface area contributed by atoms with Crippen LogP contribution in [0.2, 0.25) is 0 Å². The molecule has 4 nitrogen and oxygen atoms in total. The van der Waals surface area contributed by atoms with Crippen molar-refractivity contribution in [3.05, 3.63) is 90.0 Å². The lowest BCUT2D eigenvalue weighted by Crippen LogP contribution is -2.11. The minimum Gasteiger partial charge on any atom is -0.465 e. The van der Waals surface area contributed by atoms with Gasteiger partial charge in [0.05, 0.1) is 18.2 Å². The standard InChI is InChI=1S/C23H16O4/c1-26-22(24)17-9-6-10-18(14-17)23(25)27-21-19-11-4-2-7-15(19)13-16-8-3-5-12-20(16)21/h2-14H,1H3. The van der Waals surface area contributed by atoms with E-state index in [9.17, 15) is 9.59 Å². The fourth-order valence-electron chi connectivity index (χ4n) is 3.12. The van der Waals surface area contributed by atoms with Crippen LogP contribution in [0.3, 0.4) is 0 Å². The molecule has 0 aromatic heterocycles. The Hall–Kier alpha value is -3.66. The maximum atomic E-state index is 12.8. The molecule has 27 heavy (non-hydrogen) atoms. The van der Waals surface area contributed by atoms with Gasteiger partial charge in [-0.05, 0) is 35.0 Å². The zero-order valence-corrected chi connectivity index (χ0v) is 14.6. The number of hydrogen-bond acceptors (Lipinski definition) is 4. The molecule has 0 amide bonds. The second-order valence-corrected chi connectivity index (χ2v) is 6.11. The van der Waals surface area contributed by atoms with E-state index in [1.165, 1.54) is 13.2 Å². The molecule has 4 aromatic carbocycles. The Bertz CT molecular complexity index is 1120. The molecule has 0 saturated heterocycles. The molecule has 4 heteroatoms. The van der Waals surface area contributed by atoms with Gasteiger partial charge in [-0.1, -0.05) is 54.6 Å². The van der Waals surface area contributed by atoms with E-state index in [-0.39, 0.29) is 5.56 Å². The van der Waals surface area contributed by atoms with E-state index in [1.807, 2.05) is 48.5 Å². The van der Waals surface area contributed by atoms with Crippen LogP contribution in [-0.2, 0) is 4.74 Å². The lowest BCUT2D eigenvalue weighted by Gasteiger charge is -2.12. The van der Waals surface area contributed by atoms with Gasteiger partial charge in [-0.3, -0.25) is 0 Å². The highest BCUT2D eigenvalue weighted by molar-refractivity contribution is 6.07. The van der Waals surface area contributed by atoms with E-state index >= 15 is 0 Å². The molecule has 0 bridgehead atoms. The first-order valence-electron chi connectivity index (χ1n) is 8.48. The SMILES string of the molecule is COC(=O)c1cccc(C(=O)Oc2c3ccccc3cc3ccccc23)c1. The summed E-state index contributed by atoms with van der Waals surface area (Å²) in [6, 6.07) is 23.9. The van der Waals surface area contributed by atoms with Crippen LogP contribution in [0.4, 0.5) is 0 Å². The van der Waals surface area contributed by atoms with Crippen LogP contribution in [0.15, 0.2) is 78.9 Å². The molecule has 0 aliphatic carbocycles. The number of carbonyl (C=O) groups is 2. The summed E-state index contributed by atoms with van der Waals surface area (Å²) >= 11 is 0. The van der Waals surface area contributed by atoms with Crippen molar-refractivity contribution in [2.45, 2.75) is 0 Å². The van der Waals surface area contributed by atoms with Gasteiger partial charge in [0.15, 0.2) is 0 Å². The quantitative estimate of drug-likeness (QED) is 0.294. The van der Waals surface area contributed by atoms with Crippen molar-refractivity contribution in [3.63, 3.8) is 0 Å². The van der Waals surface area contributed by atoms with Crippen LogP contribution < -0.4 is 4.74 Å². The molecule has 0 spiro atoms. The Morgan fingerprint density at radius 1 is 0.667 bits per heavy atom. The number of hydrogen-bond donors (Lipinski definition) is 0. The molecule has 0 aliphatic heterocycles. The first kappa shape index (κ1) is 16.8. The molecule has 0 radical (unpaired) electrons. The molecule has 0 heterocycles. The molecule has 0 unspecified atom stereocenters. The summed E-state index contributed by atoms with van der Waals surface area (Å²) in [5, 5.41) is 3.69. The first-order valence-corrected chi connectivity index (χ1v) is 8.48. The first-order chi connectivity index (χ1) is 13.2. The highest BCUT2D eigenvalue weighted by Gasteiger charge is 2.16. The van der Waals surface area contributed by atoms with E-state index in [0.717, 1.165) is 21.5 Å². The molecule has 0 saturated carbocycles. The van der Waals surface area contributed by atoms with Gasteiger partial charge in [0.2, 0.25) is 0 Å². The Labute approximate surface area is 155 Å².